The quantitative estimate of drug-likeness (QED) is 0.824. The summed E-state index contributed by atoms with van der Waals surface area (Å²) in [7, 11) is 0. The van der Waals surface area contributed by atoms with Gasteiger partial charge in [0.05, 0.1) is 12.5 Å². The Morgan fingerprint density at radius 3 is 2.89 bits per heavy atom. The first kappa shape index (κ1) is 17.8. The van der Waals surface area contributed by atoms with Crippen molar-refractivity contribution in [3.8, 4) is 11.5 Å². The van der Waals surface area contributed by atoms with E-state index in [0.29, 0.717) is 48.8 Å². The van der Waals surface area contributed by atoms with Gasteiger partial charge in [-0.1, -0.05) is 25.1 Å². The van der Waals surface area contributed by atoms with E-state index in [1.165, 1.54) is 0 Å². The molecule has 1 aromatic heterocycles. The maximum atomic E-state index is 11.8. The molecule has 144 valence electrons. The largest absolute Gasteiger partial charge is 0.481 e. The number of hydrogen-bond acceptors (Lipinski definition) is 7. The Morgan fingerprint density at radius 2 is 2.11 bits per heavy atom. The molecule has 2 atom stereocenters. The lowest BCUT2D eigenvalue weighted by Crippen LogP contribution is -2.23. The van der Waals surface area contributed by atoms with Crippen LogP contribution in [0.1, 0.15) is 37.0 Å². The molecule has 27 heavy (non-hydrogen) atoms. The molecule has 2 aliphatic rings. The summed E-state index contributed by atoms with van der Waals surface area (Å²) in [4.78, 5) is 18.3. The molecule has 2 aliphatic heterocycles. The lowest BCUT2D eigenvalue weighted by molar-refractivity contribution is -0.141. The molecule has 0 spiro atoms. The Bertz CT molecular complexity index is 835. The van der Waals surface area contributed by atoms with Gasteiger partial charge in [-0.05, 0) is 23.6 Å². The molecule has 0 aliphatic carbocycles. The first-order valence-corrected chi connectivity index (χ1v) is 9.15. The number of carboxylic acid groups (broad SMARTS) is 1. The number of aromatic nitrogens is 2. The third-order valence-corrected chi connectivity index (χ3v) is 5.00. The van der Waals surface area contributed by atoms with E-state index >= 15 is 0 Å². The first-order valence-electron chi connectivity index (χ1n) is 9.15. The Balaban J connectivity index is 1.48. The molecule has 1 saturated heterocycles. The van der Waals surface area contributed by atoms with Gasteiger partial charge in [0.15, 0.2) is 17.3 Å². The van der Waals surface area contributed by atoms with Crippen LogP contribution in [0.5, 0.6) is 11.5 Å². The minimum Gasteiger partial charge on any atom is -0.481 e. The first-order chi connectivity index (χ1) is 13.0. The predicted octanol–water partition coefficient (Wildman–Crippen LogP) is 2.30. The number of hydrogen-bond donors (Lipinski definition) is 1. The van der Waals surface area contributed by atoms with E-state index in [4.69, 9.17) is 14.0 Å². The average molecular weight is 373 g/mol. The smallest absolute Gasteiger partial charge is 0.308 e. The summed E-state index contributed by atoms with van der Waals surface area (Å²) < 4.78 is 16.1. The normalized spacial score (nSPS) is 21.9. The average Bonchev–Trinajstić information content (AvgIpc) is 3.33. The van der Waals surface area contributed by atoms with Gasteiger partial charge in [-0.3, -0.25) is 9.69 Å². The number of ether oxygens (including phenoxy) is 2. The van der Waals surface area contributed by atoms with E-state index in [2.05, 4.69) is 28.9 Å². The van der Waals surface area contributed by atoms with Crippen molar-refractivity contribution in [2.75, 3.05) is 19.9 Å². The zero-order valence-electron chi connectivity index (χ0n) is 15.4. The van der Waals surface area contributed by atoms with Crippen molar-refractivity contribution >= 4 is 5.97 Å². The van der Waals surface area contributed by atoms with Crippen molar-refractivity contribution in [1.29, 1.82) is 0 Å². The second-order valence-corrected chi connectivity index (χ2v) is 7.56. The summed E-state index contributed by atoms with van der Waals surface area (Å²) in [5.41, 5.74) is 0.947. The van der Waals surface area contributed by atoms with Crippen molar-refractivity contribution in [2.45, 2.75) is 32.7 Å². The number of benzene rings is 1. The molecule has 8 nitrogen and oxygen atoms in total. The SMILES string of the molecule is CC(C)Cc1nc(CN2C[C@H](C(=O)O)[C@@H](c3ccc4c(c3)OCO4)C2)no1. The molecular weight excluding hydrogens is 350 g/mol. The highest BCUT2D eigenvalue weighted by Gasteiger charge is 2.39. The van der Waals surface area contributed by atoms with Crippen LogP contribution in [-0.4, -0.2) is 46.0 Å². The van der Waals surface area contributed by atoms with E-state index in [9.17, 15) is 9.90 Å². The van der Waals surface area contributed by atoms with Crippen molar-refractivity contribution < 1.29 is 23.9 Å². The van der Waals surface area contributed by atoms with E-state index in [1.54, 1.807) is 0 Å². The number of fused-ring (bicyclic) bond motifs is 1. The highest BCUT2D eigenvalue weighted by Crippen LogP contribution is 2.39. The summed E-state index contributed by atoms with van der Waals surface area (Å²) in [6.45, 7) is 5.93. The zero-order valence-corrected chi connectivity index (χ0v) is 15.4. The summed E-state index contributed by atoms with van der Waals surface area (Å²) in [6.07, 6.45) is 0.741. The van der Waals surface area contributed by atoms with Crippen LogP contribution in [0.25, 0.3) is 0 Å². The number of rotatable bonds is 6. The van der Waals surface area contributed by atoms with Gasteiger partial charge in [0.1, 0.15) is 0 Å². The molecular formula is C19H23N3O5. The van der Waals surface area contributed by atoms with Crippen LogP contribution in [0.15, 0.2) is 22.7 Å². The van der Waals surface area contributed by atoms with Crippen molar-refractivity contribution in [3.05, 3.63) is 35.5 Å². The fraction of sp³-hybridized carbons (Fsp3) is 0.526. The topological polar surface area (TPSA) is 97.9 Å². The number of carboxylic acids is 1. The van der Waals surface area contributed by atoms with Gasteiger partial charge in [-0.2, -0.15) is 4.98 Å². The maximum absolute atomic E-state index is 11.8. The van der Waals surface area contributed by atoms with Crippen LogP contribution >= 0.6 is 0 Å². The van der Waals surface area contributed by atoms with Gasteiger partial charge >= 0.3 is 5.97 Å². The Labute approximate surface area is 157 Å². The summed E-state index contributed by atoms with van der Waals surface area (Å²) >= 11 is 0. The van der Waals surface area contributed by atoms with Crippen LogP contribution in [0, 0.1) is 11.8 Å². The molecule has 0 saturated carbocycles. The van der Waals surface area contributed by atoms with Gasteiger partial charge in [0.25, 0.3) is 0 Å². The monoisotopic (exact) mass is 373 g/mol. The number of carbonyl (C=O) groups is 1. The Kier molecular flexibility index (Phi) is 4.73. The highest BCUT2D eigenvalue weighted by atomic mass is 16.7. The van der Waals surface area contributed by atoms with Gasteiger partial charge in [0.2, 0.25) is 12.7 Å². The second-order valence-electron chi connectivity index (χ2n) is 7.56. The molecule has 3 heterocycles. The van der Waals surface area contributed by atoms with Gasteiger partial charge in [-0.15, -0.1) is 0 Å². The second kappa shape index (κ2) is 7.19. The molecule has 4 rings (SSSR count). The molecule has 0 radical (unpaired) electrons. The van der Waals surface area contributed by atoms with E-state index in [-0.39, 0.29) is 12.7 Å². The van der Waals surface area contributed by atoms with Crippen molar-refractivity contribution in [1.82, 2.24) is 15.0 Å². The van der Waals surface area contributed by atoms with E-state index < -0.39 is 11.9 Å². The number of nitrogens with zero attached hydrogens (tertiary/aromatic N) is 3. The van der Waals surface area contributed by atoms with Crippen molar-refractivity contribution in [3.63, 3.8) is 0 Å². The lowest BCUT2D eigenvalue weighted by atomic mass is 9.89. The summed E-state index contributed by atoms with van der Waals surface area (Å²) in [5, 5.41) is 13.7. The number of aliphatic carboxylic acids is 1. The van der Waals surface area contributed by atoms with E-state index in [1.807, 2.05) is 18.2 Å². The molecule has 2 aromatic rings. The van der Waals surface area contributed by atoms with Crippen LogP contribution in [0.2, 0.25) is 0 Å². The van der Waals surface area contributed by atoms with E-state index in [0.717, 1.165) is 12.0 Å². The Morgan fingerprint density at radius 1 is 1.30 bits per heavy atom. The van der Waals surface area contributed by atoms with Crippen molar-refractivity contribution in [2.24, 2.45) is 11.8 Å². The standard InChI is InChI=1S/C19H23N3O5/c1-11(2)5-18-20-17(21-27-18)9-22-7-13(14(8-22)19(23)24)12-3-4-15-16(6-12)26-10-25-15/h3-4,6,11,13-14H,5,7-10H2,1-2H3,(H,23,24)/t13-,14+/m1/s1. The fourth-order valence-electron chi connectivity index (χ4n) is 3.73. The van der Waals surface area contributed by atoms with Gasteiger partial charge < -0.3 is 19.1 Å². The minimum absolute atomic E-state index is 0.126. The predicted molar refractivity (Wildman–Crippen MR) is 94.5 cm³/mol. The molecule has 0 unspecified atom stereocenters. The Hall–Kier alpha value is -2.61. The summed E-state index contributed by atoms with van der Waals surface area (Å²) in [5.74, 6) is 1.62. The molecule has 8 heteroatoms. The zero-order chi connectivity index (χ0) is 19.0. The van der Waals surface area contributed by atoms with Gasteiger partial charge in [0, 0.05) is 25.4 Å². The summed E-state index contributed by atoms with van der Waals surface area (Å²) in [6, 6.07) is 5.66. The molecule has 0 bridgehead atoms. The number of likely N-dealkylation sites (tertiary alicyclic amines) is 1. The molecule has 1 N–H and O–H groups in total. The van der Waals surface area contributed by atoms with Crippen LogP contribution in [0.4, 0.5) is 0 Å². The van der Waals surface area contributed by atoms with Crippen LogP contribution in [-0.2, 0) is 17.8 Å². The molecule has 1 fully saturated rings. The third-order valence-electron chi connectivity index (χ3n) is 5.00. The van der Waals surface area contributed by atoms with Gasteiger partial charge in [-0.25, -0.2) is 0 Å². The highest BCUT2D eigenvalue weighted by molar-refractivity contribution is 5.72. The molecule has 0 amide bonds. The maximum Gasteiger partial charge on any atom is 0.308 e. The fourth-order valence-corrected chi connectivity index (χ4v) is 3.73. The minimum atomic E-state index is -0.797. The molecule has 1 aromatic carbocycles. The lowest BCUT2D eigenvalue weighted by Gasteiger charge is -2.15. The third kappa shape index (κ3) is 3.75. The van der Waals surface area contributed by atoms with Crippen LogP contribution < -0.4 is 9.47 Å². The van der Waals surface area contributed by atoms with Crippen LogP contribution in [0.3, 0.4) is 0 Å².